The molecular formula is C21H37N5O5. The summed E-state index contributed by atoms with van der Waals surface area (Å²) in [5, 5.41) is 29.6. The van der Waals surface area contributed by atoms with Crippen LogP contribution in [0.4, 0.5) is 0 Å². The van der Waals surface area contributed by atoms with E-state index in [0.29, 0.717) is 0 Å². The van der Waals surface area contributed by atoms with E-state index >= 15 is 0 Å². The predicted molar refractivity (Wildman–Crippen MR) is 126 cm³/mol. The Morgan fingerprint density at radius 1 is 0.387 bits per heavy atom. The Labute approximate surface area is 185 Å². The lowest BCUT2D eigenvalue weighted by Gasteiger charge is -1.92. The van der Waals surface area contributed by atoms with Crippen LogP contribution in [0.3, 0.4) is 0 Å². The first-order valence-corrected chi connectivity index (χ1v) is 5.68. The Balaban J connectivity index is -0.0000000231. The summed E-state index contributed by atoms with van der Waals surface area (Å²) in [6.07, 6.45) is 3.75. The molecule has 0 amide bonds. The average molecular weight is 440 g/mol. The number of fused-ring (bicyclic) bond motifs is 1. The van der Waals surface area contributed by atoms with E-state index < -0.39 is 0 Å². The van der Waals surface area contributed by atoms with E-state index in [1.165, 1.54) is 10.8 Å². The Kier molecular flexibility index (Phi) is 148. The second-order valence-electron chi connectivity index (χ2n) is 2.86. The summed E-state index contributed by atoms with van der Waals surface area (Å²) in [5.41, 5.74) is 0. The van der Waals surface area contributed by atoms with Gasteiger partial charge in [-0.2, -0.15) is 0 Å². The zero-order valence-electron chi connectivity index (χ0n) is 12.7. The monoisotopic (exact) mass is 439 g/mol. The minimum Gasteiger partial charge on any atom is -0.222 e. The normalized spacial score (nSPS) is 4.52. The van der Waals surface area contributed by atoms with Crippen molar-refractivity contribution in [3.05, 3.63) is 48.5 Å². The van der Waals surface area contributed by atoms with Crippen LogP contribution < -0.4 is 0 Å². The number of hydrogen-bond acceptors (Lipinski definition) is 10. The van der Waals surface area contributed by atoms with Gasteiger partial charge in [0.25, 0.3) is 0 Å². The number of rotatable bonds is 0. The van der Waals surface area contributed by atoms with Gasteiger partial charge in [-0.1, -0.05) is 93.1 Å². The molecule has 0 fully saturated rings. The molecule has 10 heteroatoms. The van der Waals surface area contributed by atoms with Crippen LogP contribution in [0.5, 0.6) is 0 Å². The molecule has 0 bridgehead atoms. The molecule has 0 unspecified atom stereocenters. The first kappa shape index (κ1) is 63.3. The number of isocyanates is 5. The largest absolute Gasteiger partial charge is 0.231 e. The maximum Gasteiger partial charge on any atom is 0.231 e. The second kappa shape index (κ2) is 72.7. The molecule has 0 aliphatic heterocycles. The second-order valence-corrected chi connectivity index (χ2v) is 2.86. The molecular weight excluding hydrogens is 402 g/mol. The van der Waals surface area contributed by atoms with Gasteiger partial charge in [0.2, 0.25) is 30.4 Å². The highest BCUT2D eigenvalue weighted by Crippen LogP contribution is 2.11. The molecule has 5 N–H and O–H groups in total. The van der Waals surface area contributed by atoms with Gasteiger partial charge in [0.05, 0.1) is 0 Å². The third-order valence-corrected chi connectivity index (χ3v) is 1.66. The Morgan fingerprint density at radius 2 is 0.484 bits per heavy atom. The fourth-order valence-electron chi connectivity index (χ4n) is 1.13. The lowest BCUT2D eigenvalue weighted by molar-refractivity contribution is 0.562. The molecule has 31 heavy (non-hydrogen) atoms. The van der Waals surface area contributed by atoms with Gasteiger partial charge < -0.3 is 0 Å². The van der Waals surface area contributed by atoms with E-state index in [9.17, 15) is 0 Å². The molecule has 2 rings (SSSR count). The summed E-state index contributed by atoms with van der Waals surface area (Å²) in [6, 6.07) is 16.7. The highest BCUT2D eigenvalue weighted by Gasteiger charge is 1.85. The zero-order valence-corrected chi connectivity index (χ0v) is 12.7. The fourth-order valence-corrected chi connectivity index (χ4v) is 1.13. The van der Waals surface area contributed by atoms with Crippen LogP contribution in [0, 0.1) is 27.0 Å². The van der Waals surface area contributed by atoms with Crippen LogP contribution in [-0.2, 0) is 24.0 Å². The van der Waals surface area contributed by atoms with Gasteiger partial charge in [0.15, 0.2) is 0 Å². The maximum atomic E-state index is 8.35. The lowest BCUT2D eigenvalue weighted by atomic mass is 10.1. The molecule has 10 nitrogen and oxygen atoms in total. The number of nitrogens with one attached hydrogen (secondary N) is 5. The van der Waals surface area contributed by atoms with E-state index in [0.717, 1.165) is 30.4 Å². The van der Waals surface area contributed by atoms with Crippen LogP contribution in [0.1, 0.15) is 44.6 Å². The molecule has 0 heterocycles. The van der Waals surface area contributed by atoms with Crippen molar-refractivity contribution < 1.29 is 24.0 Å². The van der Waals surface area contributed by atoms with E-state index in [4.69, 9.17) is 51.0 Å². The van der Waals surface area contributed by atoms with Crippen molar-refractivity contribution in [2.45, 2.75) is 44.6 Å². The van der Waals surface area contributed by atoms with Crippen molar-refractivity contribution >= 4 is 41.2 Å². The summed E-state index contributed by atoms with van der Waals surface area (Å²) in [4.78, 5) is 41.7. The van der Waals surface area contributed by atoms with Crippen molar-refractivity contribution in [3.8, 4) is 0 Å². The summed E-state index contributed by atoms with van der Waals surface area (Å²) < 4.78 is 0. The standard InChI is InChI=1S/C10H8.5CHNO.6CH4/c1-2-6-10-8-4-3-7-9(10)5-1;5*2-1-3;;;;;;/h1-8H;5*2H;6*1H4. The quantitative estimate of drug-likeness (QED) is 0.241. The van der Waals surface area contributed by atoms with E-state index in [2.05, 4.69) is 48.5 Å². The highest BCUT2D eigenvalue weighted by molar-refractivity contribution is 5.81. The maximum absolute atomic E-state index is 8.35. The molecule has 2 aromatic rings. The summed E-state index contributed by atoms with van der Waals surface area (Å²) >= 11 is 0. The lowest BCUT2D eigenvalue weighted by Crippen LogP contribution is -1.67. The third-order valence-electron chi connectivity index (χ3n) is 1.66. The van der Waals surface area contributed by atoms with Gasteiger partial charge in [-0.15, -0.1) is 0 Å². The number of hydrogen-bond donors (Lipinski definition) is 5. The first-order chi connectivity index (χ1) is 12.0. The van der Waals surface area contributed by atoms with E-state index in [1.54, 1.807) is 0 Å². The number of benzene rings is 2. The molecule has 2 aromatic carbocycles. The SMILES string of the molecule is C.C.C.C.C.C.N=C=O.N=C=O.N=C=O.N=C=O.N=C=O.c1ccc2ccccc2c1. The molecule has 0 aliphatic carbocycles. The summed E-state index contributed by atoms with van der Waals surface area (Å²) in [5.74, 6) is 0. The van der Waals surface area contributed by atoms with Gasteiger partial charge >= 0.3 is 0 Å². The van der Waals surface area contributed by atoms with Crippen LogP contribution >= 0.6 is 0 Å². The fraction of sp³-hybridized carbons (Fsp3) is 0.286. The summed E-state index contributed by atoms with van der Waals surface area (Å²) in [6.45, 7) is 0. The van der Waals surface area contributed by atoms with Crippen LogP contribution in [0.25, 0.3) is 10.8 Å². The van der Waals surface area contributed by atoms with E-state index in [-0.39, 0.29) is 44.6 Å². The topological polar surface area (TPSA) is 205 Å². The molecule has 0 radical (unpaired) electrons. The van der Waals surface area contributed by atoms with Crippen molar-refractivity contribution in [3.63, 3.8) is 0 Å². The summed E-state index contributed by atoms with van der Waals surface area (Å²) in [7, 11) is 0. The average Bonchev–Trinajstić information content (AvgIpc) is 2.59. The molecule has 0 aromatic heterocycles. The number of carbonyl (C=O) groups excluding carboxylic acids is 5. The first-order valence-electron chi connectivity index (χ1n) is 5.68. The molecule has 176 valence electrons. The van der Waals surface area contributed by atoms with Crippen molar-refractivity contribution in [1.82, 2.24) is 0 Å². The Bertz CT molecular complexity index is 614. The van der Waals surface area contributed by atoms with Gasteiger partial charge in [0.1, 0.15) is 0 Å². The van der Waals surface area contributed by atoms with Gasteiger partial charge in [0, 0.05) is 0 Å². The predicted octanol–water partition coefficient (Wildman–Crippen LogP) is 6.16. The third kappa shape index (κ3) is 77.1. The smallest absolute Gasteiger partial charge is 0.222 e. The zero-order chi connectivity index (χ0) is 20.3. The molecule has 0 aliphatic rings. The van der Waals surface area contributed by atoms with Gasteiger partial charge in [-0.05, 0) is 10.8 Å². The van der Waals surface area contributed by atoms with Gasteiger partial charge in [-0.25, -0.2) is 51.0 Å². The molecule has 0 spiro atoms. The minimum atomic E-state index is 0. The molecule has 0 saturated carbocycles. The molecule has 0 atom stereocenters. The minimum absolute atomic E-state index is 0. The van der Waals surface area contributed by atoms with Crippen molar-refractivity contribution in [2.24, 2.45) is 0 Å². The Hall–Kier alpha value is -4.40. The van der Waals surface area contributed by atoms with Crippen molar-refractivity contribution in [2.75, 3.05) is 0 Å². The Morgan fingerprint density at radius 3 is 0.581 bits per heavy atom. The highest BCUT2D eigenvalue weighted by atomic mass is 16.1. The molecule has 0 saturated heterocycles. The van der Waals surface area contributed by atoms with Crippen LogP contribution in [-0.4, -0.2) is 30.4 Å². The van der Waals surface area contributed by atoms with E-state index in [1.807, 2.05) is 0 Å². The van der Waals surface area contributed by atoms with Crippen LogP contribution in [0.2, 0.25) is 0 Å². The van der Waals surface area contributed by atoms with Gasteiger partial charge in [-0.3, -0.25) is 0 Å². The van der Waals surface area contributed by atoms with Crippen molar-refractivity contribution in [1.29, 1.82) is 27.0 Å². The van der Waals surface area contributed by atoms with Crippen LogP contribution in [0.15, 0.2) is 48.5 Å².